The molecule has 8 heteroatoms. The maximum absolute atomic E-state index is 12.0. The molecule has 0 aliphatic carbocycles. The average molecular weight is 514 g/mol. The third-order valence-electron chi connectivity index (χ3n) is 5.64. The lowest BCUT2D eigenvalue weighted by Crippen LogP contribution is -2.49. The predicted molar refractivity (Wildman–Crippen MR) is 130 cm³/mol. The summed E-state index contributed by atoms with van der Waals surface area (Å²) in [6.07, 6.45) is 0.501. The number of anilines is 1. The summed E-state index contributed by atoms with van der Waals surface area (Å²) in [6.45, 7) is 11.0. The van der Waals surface area contributed by atoms with Crippen LogP contribution < -0.4 is 16.0 Å². The second-order valence-corrected chi connectivity index (χ2v) is 7.83. The zero-order valence-electron chi connectivity index (χ0n) is 17.8. The minimum atomic E-state index is 0. The molecule has 0 aromatic heterocycles. The SMILES string of the molecule is CCNC(=NCC(C)N1CCN(C)CC1)NCC1CC(=O)Nc2ccccc21.I. The Bertz CT molecular complexity index is 690. The van der Waals surface area contributed by atoms with Gasteiger partial charge in [0.2, 0.25) is 5.91 Å². The molecule has 162 valence electrons. The molecule has 1 aromatic carbocycles. The first-order valence-electron chi connectivity index (χ1n) is 10.4. The van der Waals surface area contributed by atoms with Gasteiger partial charge in [0.25, 0.3) is 0 Å². The minimum absolute atomic E-state index is 0. The molecular formula is C21H35IN6O. The zero-order valence-corrected chi connectivity index (χ0v) is 20.1. The Morgan fingerprint density at radius 1 is 1.24 bits per heavy atom. The highest BCUT2D eigenvalue weighted by atomic mass is 127. The highest BCUT2D eigenvalue weighted by Gasteiger charge is 2.25. The Hall–Kier alpha value is -1.39. The molecule has 2 aliphatic heterocycles. The van der Waals surface area contributed by atoms with Crippen molar-refractivity contribution >= 4 is 41.5 Å². The predicted octanol–water partition coefficient (Wildman–Crippen LogP) is 1.92. The van der Waals surface area contributed by atoms with Crippen LogP contribution in [0.25, 0.3) is 0 Å². The average Bonchev–Trinajstić information content (AvgIpc) is 2.70. The van der Waals surface area contributed by atoms with E-state index in [1.54, 1.807) is 0 Å². The summed E-state index contributed by atoms with van der Waals surface area (Å²) in [5, 5.41) is 9.74. The molecule has 29 heavy (non-hydrogen) atoms. The first-order valence-corrected chi connectivity index (χ1v) is 10.4. The number of benzene rings is 1. The van der Waals surface area contributed by atoms with Crippen LogP contribution in [0.2, 0.25) is 0 Å². The van der Waals surface area contributed by atoms with Gasteiger partial charge in [-0.3, -0.25) is 14.7 Å². The van der Waals surface area contributed by atoms with E-state index in [9.17, 15) is 4.79 Å². The van der Waals surface area contributed by atoms with E-state index < -0.39 is 0 Å². The van der Waals surface area contributed by atoms with Gasteiger partial charge in [0, 0.05) is 63.3 Å². The molecule has 0 bridgehead atoms. The van der Waals surface area contributed by atoms with Gasteiger partial charge in [-0.05, 0) is 32.5 Å². The first-order chi connectivity index (χ1) is 13.6. The Labute approximate surface area is 191 Å². The highest BCUT2D eigenvalue weighted by Crippen LogP contribution is 2.31. The van der Waals surface area contributed by atoms with Crippen molar-refractivity contribution in [2.24, 2.45) is 4.99 Å². The fourth-order valence-electron chi connectivity index (χ4n) is 3.85. The van der Waals surface area contributed by atoms with Crippen LogP contribution >= 0.6 is 24.0 Å². The van der Waals surface area contributed by atoms with Crippen LogP contribution in [0.4, 0.5) is 5.69 Å². The van der Waals surface area contributed by atoms with E-state index >= 15 is 0 Å². The summed E-state index contributed by atoms with van der Waals surface area (Å²) in [4.78, 5) is 21.7. The van der Waals surface area contributed by atoms with Gasteiger partial charge in [-0.1, -0.05) is 18.2 Å². The van der Waals surface area contributed by atoms with Crippen molar-refractivity contribution in [2.45, 2.75) is 32.2 Å². The van der Waals surface area contributed by atoms with Crippen LogP contribution in [0.1, 0.15) is 31.7 Å². The second kappa shape index (κ2) is 11.7. The van der Waals surface area contributed by atoms with Crippen LogP contribution in [-0.4, -0.2) is 80.6 Å². The maximum Gasteiger partial charge on any atom is 0.225 e. The summed E-state index contributed by atoms with van der Waals surface area (Å²) in [7, 11) is 2.18. The molecule has 0 radical (unpaired) electrons. The van der Waals surface area contributed by atoms with Crippen LogP contribution in [-0.2, 0) is 4.79 Å². The standard InChI is InChI=1S/C21H34N6O.HI/c1-4-22-21(23-14-16(2)27-11-9-26(3)10-12-27)24-15-17-13-20(28)25-19-8-6-5-7-18(17)19;/h5-8,16-17H,4,9-15H2,1-3H3,(H,25,28)(H2,22,23,24);1H. The van der Waals surface area contributed by atoms with Crippen LogP contribution in [0.15, 0.2) is 29.3 Å². The molecule has 0 spiro atoms. The molecule has 3 N–H and O–H groups in total. The number of guanidine groups is 1. The van der Waals surface area contributed by atoms with Crippen molar-refractivity contribution in [3.05, 3.63) is 29.8 Å². The summed E-state index contributed by atoms with van der Waals surface area (Å²) >= 11 is 0. The number of nitrogens with one attached hydrogen (secondary N) is 3. The van der Waals surface area contributed by atoms with Gasteiger partial charge in [-0.15, -0.1) is 24.0 Å². The number of carbonyl (C=O) groups is 1. The van der Waals surface area contributed by atoms with Gasteiger partial charge in [0.15, 0.2) is 5.96 Å². The number of nitrogens with zero attached hydrogens (tertiary/aromatic N) is 3. The molecule has 1 saturated heterocycles. The third-order valence-corrected chi connectivity index (χ3v) is 5.64. The highest BCUT2D eigenvalue weighted by molar-refractivity contribution is 14.0. The quantitative estimate of drug-likeness (QED) is 0.308. The Kier molecular flexibility index (Phi) is 9.64. The van der Waals surface area contributed by atoms with Crippen LogP contribution in [0.5, 0.6) is 0 Å². The van der Waals surface area contributed by atoms with E-state index in [2.05, 4.69) is 52.7 Å². The number of amides is 1. The Morgan fingerprint density at radius 3 is 2.69 bits per heavy atom. The summed E-state index contributed by atoms with van der Waals surface area (Å²) in [5.41, 5.74) is 2.12. The molecule has 2 unspecified atom stereocenters. The molecule has 2 atom stereocenters. The second-order valence-electron chi connectivity index (χ2n) is 7.83. The van der Waals surface area contributed by atoms with Crippen molar-refractivity contribution in [1.82, 2.24) is 20.4 Å². The van der Waals surface area contributed by atoms with Crippen molar-refractivity contribution in [2.75, 3.05) is 58.2 Å². The van der Waals surface area contributed by atoms with Crippen molar-refractivity contribution in [3.8, 4) is 0 Å². The van der Waals surface area contributed by atoms with E-state index in [4.69, 9.17) is 4.99 Å². The van der Waals surface area contributed by atoms with Gasteiger partial charge in [0.1, 0.15) is 0 Å². The molecule has 1 aromatic rings. The summed E-state index contributed by atoms with van der Waals surface area (Å²) in [5.74, 6) is 1.06. The zero-order chi connectivity index (χ0) is 19.9. The van der Waals surface area contributed by atoms with E-state index in [1.165, 1.54) is 5.56 Å². The third kappa shape index (κ3) is 6.82. The van der Waals surface area contributed by atoms with Gasteiger partial charge in [0.05, 0.1) is 6.54 Å². The molecular weight excluding hydrogens is 479 g/mol. The number of aliphatic imine (C=N–C) groups is 1. The fraction of sp³-hybridized carbons (Fsp3) is 0.619. The monoisotopic (exact) mass is 514 g/mol. The number of likely N-dealkylation sites (N-methyl/N-ethyl adjacent to an activating group) is 1. The molecule has 7 nitrogen and oxygen atoms in total. The molecule has 1 fully saturated rings. The number of halogens is 1. The number of rotatable bonds is 6. The fourth-order valence-corrected chi connectivity index (χ4v) is 3.85. The normalized spacial score (nSPS) is 21.6. The number of piperazine rings is 1. The summed E-state index contributed by atoms with van der Waals surface area (Å²) in [6, 6.07) is 8.47. The number of fused-ring (bicyclic) bond motifs is 1. The van der Waals surface area contributed by atoms with E-state index in [0.29, 0.717) is 19.0 Å². The Morgan fingerprint density at radius 2 is 1.97 bits per heavy atom. The van der Waals surface area contributed by atoms with Crippen LogP contribution in [0.3, 0.4) is 0 Å². The largest absolute Gasteiger partial charge is 0.357 e. The number of hydrogen-bond donors (Lipinski definition) is 3. The molecule has 2 heterocycles. The van der Waals surface area contributed by atoms with Gasteiger partial charge in [-0.2, -0.15) is 0 Å². The first kappa shape index (κ1) is 23.9. The topological polar surface area (TPSA) is 72.0 Å². The summed E-state index contributed by atoms with van der Waals surface area (Å²) < 4.78 is 0. The smallest absolute Gasteiger partial charge is 0.225 e. The van der Waals surface area contributed by atoms with Crippen molar-refractivity contribution < 1.29 is 4.79 Å². The molecule has 3 rings (SSSR count). The van der Waals surface area contributed by atoms with Crippen molar-refractivity contribution in [1.29, 1.82) is 0 Å². The lowest BCUT2D eigenvalue weighted by Gasteiger charge is -2.36. The molecule has 0 saturated carbocycles. The number of para-hydroxylation sites is 1. The van der Waals surface area contributed by atoms with E-state index in [0.717, 1.165) is 50.9 Å². The minimum Gasteiger partial charge on any atom is -0.357 e. The van der Waals surface area contributed by atoms with Crippen LogP contribution in [0, 0.1) is 0 Å². The van der Waals surface area contributed by atoms with Gasteiger partial charge >= 0.3 is 0 Å². The van der Waals surface area contributed by atoms with Gasteiger partial charge in [-0.25, -0.2) is 0 Å². The molecule has 1 amide bonds. The number of hydrogen-bond acceptors (Lipinski definition) is 4. The lowest BCUT2D eigenvalue weighted by molar-refractivity contribution is -0.116. The van der Waals surface area contributed by atoms with E-state index in [1.807, 2.05) is 18.2 Å². The molecule has 2 aliphatic rings. The van der Waals surface area contributed by atoms with Gasteiger partial charge < -0.3 is 20.9 Å². The lowest BCUT2D eigenvalue weighted by atomic mass is 9.90. The Balaban J connectivity index is 0.00000300. The number of carbonyl (C=O) groups excluding carboxylic acids is 1. The van der Waals surface area contributed by atoms with Crippen molar-refractivity contribution in [3.63, 3.8) is 0 Å². The maximum atomic E-state index is 12.0. The van der Waals surface area contributed by atoms with E-state index in [-0.39, 0.29) is 35.8 Å².